The highest BCUT2D eigenvalue weighted by Gasteiger charge is 2.08. The maximum absolute atomic E-state index is 11.0. The van der Waals surface area contributed by atoms with Crippen LogP contribution in [-0.4, -0.2) is 44.6 Å². The standard InChI is InChI=1S/C16H23Cl2N3O2.HI/c1-19-16(20-9-5-4-6-15(22)23-3)21(2)11-12-7-8-13(17)14(18)10-12;/h7-8,10H,4-6,9,11H2,1-3H3,(H,19,20);1H. The van der Waals surface area contributed by atoms with Crippen molar-refractivity contribution >= 4 is 59.1 Å². The number of carbonyl (C=O) groups excluding carboxylic acids is 1. The molecular weight excluding hydrogens is 464 g/mol. The van der Waals surface area contributed by atoms with Crippen LogP contribution in [0.1, 0.15) is 24.8 Å². The predicted octanol–water partition coefficient (Wildman–Crippen LogP) is 3.96. The summed E-state index contributed by atoms with van der Waals surface area (Å²) in [6.07, 6.45) is 2.10. The molecule has 0 atom stereocenters. The average molecular weight is 488 g/mol. The van der Waals surface area contributed by atoms with Gasteiger partial charge in [-0.2, -0.15) is 0 Å². The molecule has 0 spiro atoms. The molecule has 136 valence electrons. The van der Waals surface area contributed by atoms with Crippen LogP contribution >= 0.6 is 47.2 Å². The van der Waals surface area contributed by atoms with Gasteiger partial charge in [-0.15, -0.1) is 24.0 Å². The van der Waals surface area contributed by atoms with Gasteiger partial charge in [-0.1, -0.05) is 29.3 Å². The summed E-state index contributed by atoms with van der Waals surface area (Å²) in [5.74, 6) is 0.611. The van der Waals surface area contributed by atoms with Gasteiger partial charge in [0.1, 0.15) is 0 Å². The van der Waals surface area contributed by atoms with Gasteiger partial charge in [0.15, 0.2) is 5.96 Å². The first-order chi connectivity index (χ1) is 11.0. The smallest absolute Gasteiger partial charge is 0.305 e. The fourth-order valence-corrected chi connectivity index (χ4v) is 2.39. The van der Waals surface area contributed by atoms with E-state index in [0.29, 0.717) is 23.0 Å². The van der Waals surface area contributed by atoms with Crippen LogP contribution in [0.25, 0.3) is 0 Å². The average Bonchev–Trinajstić information content (AvgIpc) is 2.53. The molecule has 1 rings (SSSR count). The second-order valence-corrected chi connectivity index (χ2v) is 5.93. The molecule has 0 aliphatic carbocycles. The number of unbranched alkanes of at least 4 members (excludes halogenated alkanes) is 1. The first-order valence-electron chi connectivity index (χ1n) is 7.40. The van der Waals surface area contributed by atoms with Crippen molar-refractivity contribution in [3.8, 4) is 0 Å². The maximum atomic E-state index is 11.0. The van der Waals surface area contributed by atoms with Gasteiger partial charge in [0, 0.05) is 33.6 Å². The Bertz CT molecular complexity index is 556. The third-order valence-corrected chi connectivity index (χ3v) is 4.03. The third kappa shape index (κ3) is 8.39. The monoisotopic (exact) mass is 487 g/mol. The number of nitrogens with one attached hydrogen (secondary N) is 1. The van der Waals surface area contributed by atoms with Crippen LogP contribution in [0.3, 0.4) is 0 Å². The van der Waals surface area contributed by atoms with Crippen molar-refractivity contribution in [1.82, 2.24) is 10.2 Å². The van der Waals surface area contributed by atoms with Crippen LogP contribution in [0.2, 0.25) is 10.0 Å². The van der Waals surface area contributed by atoms with Gasteiger partial charge in [0.05, 0.1) is 17.2 Å². The molecule has 5 nitrogen and oxygen atoms in total. The normalized spacial score (nSPS) is 10.8. The van der Waals surface area contributed by atoms with Crippen LogP contribution in [0.4, 0.5) is 0 Å². The fraction of sp³-hybridized carbons (Fsp3) is 0.500. The van der Waals surface area contributed by atoms with Crippen molar-refractivity contribution in [1.29, 1.82) is 0 Å². The van der Waals surface area contributed by atoms with Gasteiger partial charge in [-0.05, 0) is 30.5 Å². The second-order valence-electron chi connectivity index (χ2n) is 5.11. The maximum Gasteiger partial charge on any atom is 0.305 e. The number of esters is 1. The Balaban J connectivity index is 0.00000529. The van der Waals surface area contributed by atoms with Gasteiger partial charge >= 0.3 is 5.97 Å². The summed E-state index contributed by atoms with van der Waals surface area (Å²) in [4.78, 5) is 17.3. The van der Waals surface area contributed by atoms with Crippen LogP contribution in [-0.2, 0) is 16.1 Å². The van der Waals surface area contributed by atoms with Crippen LogP contribution in [0, 0.1) is 0 Å². The van der Waals surface area contributed by atoms with Gasteiger partial charge in [0.2, 0.25) is 0 Å². The summed E-state index contributed by atoms with van der Waals surface area (Å²) in [6.45, 7) is 1.41. The topological polar surface area (TPSA) is 53.9 Å². The van der Waals surface area contributed by atoms with E-state index in [-0.39, 0.29) is 29.9 Å². The van der Waals surface area contributed by atoms with Crippen molar-refractivity contribution in [3.63, 3.8) is 0 Å². The number of ether oxygens (including phenoxy) is 1. The zero-order valence-electron chi connectivity index (χ0n) is 14.1. The van der Waals surface area contributed by atoms with Gasteiger partial charge in [0.25, 0.3) is 0 Å². The Morgan fingerprint density at radius 2 is 2.00 bits per heavy atom. The van der Waals surface area contributed by atoms with Crippen molar-refractivity contribution in [2.45, 2.75) is 25.8 Å². The second kappa shape index (κ2) is 12.6. The molecule has 0 unspecified atom stereocenters. The molecule has 1 aromatic rings. The van der Waals surface area contributed by atoms with E-state index in [4.69, 9.17) is 23.2 Å². The minimum Gasteiger partial charge on any atom is -0.469 e. The molecule has 1 aromatic carbocycles. The molecule has 0 aliphatic heterocycles. The fourth-order valence-electron chi connectivity index (χ4n) is 2.07. The van der Waals surface area contributed by atoms with Crippen molar-refractivity contribution in [2.75, 3.05) is 27.7 Å². The number of rotatable bonds is 7. The lowest BCUT2D eigenvalue weighted by molar-refractivity contribution is -0.140. The molecule has 8 heteroatoms. The summed E-state index contributed by atoms with van der Waals surface area (Å²) in [7, 11) is 5.09. The molecule has 0 saturated heterocycles. The van der Waals surface area contributed by atoms with Crippen molar-refractivity contribution in [3.05, 3.63) is 33.8 Å². The SMILES string of the molecule is CN=C(NCCCCC(=O)OC)N(C)Cc1ccc(Cl)c(Cl)c1.I. The first-order valence-corrected chi connectivity index (χ1v) is 8.16. The molecule has 0 heterocycles. The summed E-state index contributed by atoms with van der Waals surface area (Å²) in [5.41, 5.74) is 1.05. The highest BCUT2D eigenvalue weighted by Crippen LogP contribution is 2.23. The van der Waals surface area contributed by atoms with E-state index in [2.05, 4.69) is 15.0 Å². The molecule has 0 aliphatic rings. The first kappa shape index (κ1) is 23.3. The van der Waals surface area contributed by atoms with E-state index in [1.54, 1.807) is 13.1 Å². The van der Waals surface area contributed by atoms with Crippen LogP contribution < -0.4 is 5.32 Å². The van der Waals surface area contributed by atoms with Crippen LogP contribution in [0.5, 0.6) is 0 Å². The molecule has 0 saturated carbocycles. The highest BCUT2D eigenvalue weighted by atomic mass is 127. The summed E-state index contributed by atoms with van der Waals surface area (Å²) >= 11 is 12.0. The van der Waals surface area contributed by atoms with Gasteiger partial charge in [-0.3, -0.25) is 9.79 Å². The third-order valence-electron chi connectivity index (χ3n) is 3.30. The lowest BCUT2D eigenvalue weighted by Gasteiger charge is -2.22. The molecule has 24 heavy (non-hydrogen) atoms. The highest BCUT2D eigenvalue weighted by molar-refractivity contribution is 14.0. The van der Waals surface area contributed by atoms with Crippen molar-refractivity contribution < 1.29 is 9.53 Å². The minimum absolute atomic E-state index is 0. The number of carbonyl (C=O) groups is 1. The van der Waals surface area contributed by atoms with Gasteiger partial charge < -0.3 is 15.0 Å². The quantitative estimate of drug-likeness (QED) is 0.208. The Hall–Kier alpha value is -0.730. The minimum atomic E-state index is -0.175. The number of methoxy groups -OCH3 is 1. The predicted molar refractivity (Wildman–Crippen MR) is 111 cm³/mol. The number of hydrogen-bond donors (Lipinski definition) is 1. The van der Waals surface area contributed by atoms with Gasteiger partial charge in [-0.25, -0.2) is 0 Å². The van der Waals surface area contributed by atoms with E-state index >= 15 is 0 Å². The number of nitrogens with zero attached hydrogens (tertiary/aromatic N) is 2. The molecule has 1 N–H and O–H groups in total. The molecule has 0 radical (unpaired) electrons. The number of halogens is 3. The molecule has 0 bridgehead atoms. The summed E-state index contributed by atoms with van der Waals surface area (Å²) in [5, 5.41) is 4.36. The number of hydrogen-bond acceptors (Lipinski definition) is 3. The van der Waals surface area contributed by atoms with E-state index in [9.17, 15) is 4.79 Å². The zero-order valence-corrected chi connectivity index (χ0v) is 18.0. The summed E-state index contributed by atoms with van der Waals surface area (Å²) < 4.78 is 4.61. The lowest BCUT2D eigenvalue weighted by atomic mass is 10.2. The van der Waals surface area contributed by atoms with Crippen molar-refractivity contribution in [2.24, 2.45) is 4.99 Å². The molecular formula is C16H24Cl2IN3O2. The zero-order chi connectivity index (χ0) is 17.2. The van der Waals surface area contributed by atoms with E-state index in [0.717, 1.165) is 30.9 Å². The number of aliphatic imine (C=N–C) groups is 1. The lowest BCUT2D eigenvalue weighted by Crippen LogP contribution is -2.38. The van der Waals surface area contributed by atoms with E-state index < -0.39 is 0 Å². The molecule has 0 aromatic heterocycles. The number of benzene rings is 1. The Morgan fingerprint density at radius 1 is 1.29 bits per heavy atom. The summed E-state index contributed by atoms with van der Waals surface area (Å²) in [6, 6.07) is 5.58. The Labute approximate surface area is 170 Å². The molecule has 0 fully saturated rings. The van der Waals surface area contributed by atoms with E-state index in [1.165, 1.54) is 7.11 Å². The Morgan fingerprint density at radius 3 is 2.58 bits per heavy atom. The largest absolute Gasteiger partial charge is 0.469 e. The number of guanidine groups is 1. The van der Waals surface area contributed by atoms with E-state index in [1.807, 2.05) is 24.1 Å². The van der Waals surface area contributed by atoms with Crippen LogP contribution in [0.15, 0.2) is 23.2 Å². The Kier molecular flexibility index (Phi) is 12.2. The molecule has 0 amide bonds.